The van der Waals surface area contributed by atoms with Crippen LogP contribution in [0.3, 0.4) is 0 Å². The molecule has 0 saturated carbocycles. The van der Waals surface area contributed by atoms with Crippen LogP contribution in [0.4, 0.5) is 0 Å². The van der Waals surface area contributed by atoms with Gasteiger partial charge in [-0.05, 0) is 50.4 Å². The number of hydrogen-bond acceptors (Lipinski definition) is 3. The van der Waals surface area contributed by atoms with Crippen molar-refractivity contribution in [2.24, 2.45) is 17.8 Å². The average molecular weight is 310 g/mol. The fraction of sp³-hybridized carbons (Fsp3) is 0.842. The van der Waals surface area contributed by atoms with Gasteiger partial charge in [-0.2, -0.15) is 0 Å². The Hall–Kier alpha value is -0.830. The zero-order valence-electron chi connectivity index (χ0n) is 15.0. The second kappa shape index (κ2) is 8.71. The molecular formula is C19H34O3. The quantitative estimate of drug-likeness (QED) is 0.504. The largest absolute Gasteiger partial charge is 0.466 e. The molecule has 0 aliphatic heterocycles. The summed E-state index contributed by atoms with van der Waals surface area (Å²) in [4.78, 5) is 11.6. The molecule has 0 spiro atoms. The monoisotopic (exact) mass is 310 g/mol. The van der Waals surface area contributed by atoms with E-state index >= 15 is 0 Å². The van der Waals surface area contributed by atoms with Gasteiger partial charge >= 0.3 is 5.97 Å². The summed E-state index contributed by atoms with van der Waals surface area (Å²) >= 11 is 0. The second-order valence-corrected chi connectivity index (χ2v) is 7.30. The van der Waals surface area contributed by atoms with Gasteiger partial charge < -0.3 is 9.84 Å². The van der Waals surface area contributed by atoms with Crippen molar-refractivity contribution in [3.8, 4) is 0 Å². The van der Waals surface area contributed by atoms with Crippen LogP contribution in [0.1, 0.15) is 73.1 Å². The van der Waals surface area contributed by atoms with Crippen LogP contribution in [-0.2, 0) is 9.53 Å². The molecule has 0 aromatic rings. The summed E-state index contributed by atoms with van der Waals surface area (Å²) in [5.74, 6) is 1.82. The predicted octanol–water partition coefficient (Wildman–Crippen LogP) is 4.49. The number of aliphatic hydroxyl groups is 1. The van der Waals surface area contributed by atoms with E-state index in [1.165, 1.54) is 18.4 Å². The number of carbonyl (C=O) groups is 1. The first-order chi connectivity index (χ1) is 10.3. The van der Waals surface area contributed by atoms with Crippen molar-refractivity contribution in [2.45, 2.75) is 78.7 Å². The van der Waals surface area contributed by atoms with Gasteiger partial charge in [0.25, 0.3) is 0 Å². The summed E-state index contributed by atoms with van der Waals surface area (Å²) in [6.07, 6.45) is 7.05. The van der Waals surface area contributed by atoms with Crippen molar-refractivity contribution in [2.75, 3.05) is 6.61 Å². The van der Waals surface area contributed by atoms with E-state index in [1.807, 2.05) is 6.08 Å². The van der Waals surface area contributed by atoms with Crippen molar-refractivity contribution in [1.29, 1.82) is 0 Å². The molecule has 4 atom stereocenters. The zero-order chi connectivity index (χ0) is 16.8. The lowest BCUT2D eigenvalue weighted by Crippen LogP contribution is -2.27. The first kappa shape index (κ1) is 19.2. The molecule has 22 heavy (non-hydrogen) atoms. The van der Waals surface area contributed by atoms with Gasteiger partial charge in [-0.3, -0.25) is 4.79 Å². The molecule has 0 fully saturated rings. The Labute approximate surface area is 136 Å². The van der Waals surface area contributed by atoms with E-state index in [0.29, 0.717) is 18.9 Å². The topological polar surface area (TPSA) is 46.5 Å². The van der Waals surface area contributed by atoms with Crippen molar-refractivity contribution in [3.63, 3.8) is 0 Å². The Morgan fingerprint density at radius 3 is 2.59 bits per heavy atom. The van der Waals surface area contributed by atoms with Crippen molar-refractivity contribution in [3.05, 3.63) is 11.6 Å². The fourth-order valence-electron chi connectivity index (χ4n) is 3.46. The second-order valence-electron chi connectivity index (χ2n) is 7.30. The molecule has 0 aromatic carbocycles. The van der Waals surface area contributed by atoms with Crippen LogP contribution < -0.4 is 0 Å². The zero-order valence-corrected chi connectivity index (χ0v) is 15.0. The molecule has 3 heteroatoms. The summed E-state index contributed by atoms with van der Waals surface area (Å²) in [7, 11) is 0. The minimum Gasteiger partial charge on any atom is -0.466 e. The minimum absolute atomic E-state index is 0.0853. The molecule has 0 radical (unpaired) electrons. The van der Waals surface area contributed by atoms with Crippen LogP contribution in [0.2, 0.25) is 0 Å². The van der Waals surface area contributed by atoms with Gasteiger partial charge in [-0.25, -0.2) is 0 Å². The van der Waals surface area contributed by atoms with Crippen LogP contribution >= 0.6 is 0 Å². The smallest absolute Gasteiger partial charge is 0.309 e. The van der Waals surface area contributed by atoms with Gasteiger partial charge in [-0.15, -0.1) is 0 Å². The predicted molar refractivity (Wildman–Crippen MR) is 90.5 cm³/mol. The summed E-state index contributed by atoms with van der Waals surface area (Å²) < 4.78 is 4.95. The maximum Gasteiger partial charge on any atom is 0.309 e. The van der Waals surface area contributed by atoms with E-state index in [9.17, 15) is 9.90 Å². The number of allylic oxidation sites excluding steroid dienone is 1. The standard InChI is InChI=1S/C19H34O3/c1-6-15(4)16(5)10-14(3)11-17-8-9-19(21,12-17)13-18(20)22-7-2/h12,14-16,21H,6-11,13H2,1-5H3. The Kier molecular flexibility index (Phi) is 7.61. The summed E-state index contributed by atoms with van der Waals surface area (Å²) in [5, 5.41) is 10.5. The highest BCUT2D eigenvalue weighted by Gasteiger charge is 2.33. The lowest BCUT2D eigenvalue weighted by Gasteiger charge is -2.22. The lowest BCUT2D eigenvalue weighted by atomic mass is 9.84. The highest BCUT2D eigenvalue weighted by atomic mass is 16.5. The van der Waals surface area contributed by atoms with Gasteiger partial charge in [0.2, 0.25) is 0 Å². The van der Waals surface area contributed by atoms with Crippen LogP contribution in [0.5, 0.6) is 0 Å². The van der Waals surface area contributed by atoms with E-state index in [4.69, 9.17) is 4.74 Å². The summed E-state index contributed by atoms with van der Waals surface area (Å²) in [6, 6.07) is 0. The number of rotatable bonds is 9. The molecule has 0 bridgehead atoms. The number of hydrogen-bond donors (Lipinski definition) is 1. The summed E-state index contributed by atoms with van der Waals surface area (Å²) in [5.41, 5.74) is 0.319. The molecule has 1 N–H and O–H groups in total. The van der Waals surface area contributed by atoms with E-state index in [0.717, 1.165) is 24.7 Å². The van der Waals surface area contributed by atoms with Gasteiger partial charge in [0.05, 0.1) is 18.6 Å². The highest BCUT2D eigenvalue weighted by Crippen LogP contribution is 2.36. The van der Waals surface area contributed by atoms with Crippen LogP contribution in [-0.4, -0.2) is 23.3 Å². The minimum atomic E-state index is -0.983. The normalized spacial score (nSPS) is 25.5. The maximum absolute atomic E-state index is 11.6. The Bertz CT molecular complexity index is 388. The SMILES string of the molecule is CCOC(=O)CC1(O)C=C(CC(C)CC(C)C(C)CC)CC1. The fourth-order valence-corrected chi connectivity index (χ4v) is 3.46. The average Bonchev–Trinajstić information content (AvgIpc) is 2.78. The molecule has 1 aliphatic carbocycles. The molecule has 1 rings (SSSR count). The molecule has 1 aliphatic rings. The van der Waals surface area contributed by atoms with Gasteiger partial charge in [0.1, 0.15) is 0 Å². The first-order valence-electron chi connectivity index (χ1n) is 8.88. The molecule has 4 unspecified atom stereocenters. The van der Waals surface area contributed by atoms with E-state index in [1.54, 1.807) is 6.92 Å². The Morgan fingerprint density at radius 1 is 1.32 bits per heavy atom. The molecule has 3 nitrogen and oxygen atoms in total. The van der Waals surface area contributed by atoms with Crippen molar-refractivity contribution >= 4 is 5.97 Å². The van der Waals surface area contributed by atoms with Gasteiger partial charge in [-0.1, -0.05) is 45.8 Å². The van der Waals surface area contributed by atoms with Crippen molar-refractivity contribution < 1.29 is 14.6 Å². The third kappa shape index (κ3) is 6.12. The number of esters is 1. The number of carbonyl (C=O) groups excluding carboxylic acids is 1. The Morgan fingerprint density at radius 2 is 2.00 bits per heavy atom. The van der Waals surface area contributed by atoms with Gasteiger partial charge in [0.15, 0.2) is 0 Å². The maximum atomic E-state index is 11.6. The van der Waals surface area contributed by atoms with E-state index in [2.05, 4.69) is 27.7 Å². The van der Waals surface area contributed by atoms with Gasteiger partial charge in [0, 0.05) is 0 Å². The molecule has 0 aromatic heterocycles. The Balaban J connectivity index is 2.49. The molecule has 128 valence electrons. The molecule has 0 saturated heterocycles. The lowest BCUT2D eigenvalue weighted by molar-refractivity contribution is -0.147. The van der Waals surface area contributed by atoms with Crippen LogP contribution in [0, 0.1) is 17.8 Å². The van der Waals surface area contributed by atoms with E-state index in [-0.39, 0.29) is 12.4 Å². The third-order valence-electron chi connectivity index (χ3n) is 5.11. The third-order valence-corrected chi connectivity index (χ3v) is 5.11. The first-order valence-corrected chi connectivity index (χ1v) is 8.88. The molecule has 0 heterocycles. The molecular weight excluding hydrogens is 276 g/mol. The van der Waals surface area contributed by atoms with Crippen LogP contribution in [0.25, 0.3) is 0 Å². The summed E-state index contributed by atoms with van der Waals surface area (Å²) in [6.45, 7) is 11.4. The number of ether oxygens (including phenoxy) is 1. The molecule has 0 amide bonds. The van der Waals surface area contributed by atoms with Crippen molar-refractivity contribution in [1.82, 2.24) is 0 Å². The van der Waals surface area contributed by atoms with E-state index < -0.39 is 5.60 Å². The van der Waals surface area contributed by atoms with Crippen LogP contribution in [0.15, 0.2) is 11.6 Å². The highest BCUT2D eigenvalue weighted by molar-refractivity contribution is 5.71.